The Morgan fingerprint density at radius 1 is 1.64 bits per heavy atom. The Labute approximate surface area is 67.9 Å². The van der Waals surface area contributed by atoms with E-state index < -0.39 is 0 Å². The number of rotatable bonds is 2. The highest BCUT2D eigenvalue weighted by Crippen LogP contribution is 2.36. The first kappa shape index (κ1) is 8.72. The van der Waals surface area contributed by atoms with Crippen molar-refractivity contribution < 1.29 is 9.53 Å². The van der Waals surface area contributed by atoms with Crippen molar-refractivity contribution >= 4 is 6.29 Å². The Morgan fingerprint density at radius 3 is 2.64 bits per heavy atom. The average molecular weight is 156 g/mol. The van der Waals surface area contributed by atoms with Gasteiger partial charge < -0.3 is 9.53 Å². The molecule has 11 heavy (non-hydrogen) atoms. The minimum atomic E-state index is -0.228. The molecule has 2 nitrogen and oxygen atoms in total. The molecule has 64 valence electrons. The van der Waals surface area contributed by atoms with Gasteiger partial charge in [0.1, 0.15) is 6.29 Å². The molecule has 0 radical (unpaired) electrons. The minimum absolute atomic E-state index is 0.125. The molecule has 2 atom stereocenters. The molecule has 0 spiro atoms. The van der Waals surface area contributed by atoms with E-state index in [1.54, 1.807) is 0 Å². The van der Waals surface area contributed by atoms with E-state index in [-0.39, 0.29) is 11.5 Å². The second-order valence-electron chi connectivity index (χ2n) is 3.91. The number of hydrogen-bond donors (Lipinski definition) is 0. The van der Waals surface area contributed by atoms with Crippen molar-refractivity contribution in [3.63, 3.8) is 0 Å². The first-order chi connectivity index (χ1) is 5.10. The first-order valence-corrected chi connectivity index (χ1v) is 4.18. The van der Waals surface area contributed by atoms with E-state index in [1.165, 1.54) is 0 Å². The number of carbonyl (C=O) groups excluding carboxylic acids is 1. The van der Waals surface area contributed by atoms with Crippen LogP contribution >= 0.6 is 0 Å². The fourth-order valence-corrected chi connectivity index (χ4v) is 1.82. The van der Waals surface area contributed by atoms with Gasteiger partial charge in [-0.05, 0) is 12.3 Å². The molecule has 1 aliphatic heterocycles. The minimum Gasteiger partial charge on any atom is -0.377 e. The summed E-state index contributed by atoms with van der Waals surface area (Å²) in [5, 5.41) is 0. The normalized spacial score (nSPS) is 38.0. The predicted octanol–water partition coefficient (Wildman–Crippen LogP) is 1.64. The van der Waals surface area contributed by atoms with Crippen LogP contribution in [0.25, 0.3) is 0 Å². The molecule has 1 saturated heterocycles. The third-order valence-corrected chi connectivity index (χ3v) is 2.46. The van der Waals surface area contributed by atoms with Gasteiger partial charge in [0.2, 0.25) is 0 Å². The predicted molar refractivity (Wildman–Crippen MR) is 43.4 cm³/mol. The van der Waals surface area contributed by atoms with E-state index in [0.717, 1.165) is 19.3 Å². The Kier molecular flexibility index (Phi) is 2.33. The van der Waals surface area contributed by atoms with Gasteiger partial charge in [-0.2, -0.15) is 0 Å². The SMILES string of the molecule is CC(C)C1OCCC1(C)C=O. The van der Waals surface area contributed by atoms with Gasteiger partial charge in [0.25, 0.3) is 0 Å². The van der Waals surface area contributed by atoms with Crippen LogP contribution in [0.5, 0.6) is 0 Å². The monoisotopic (exact) mass is 156 g/mol. The van der Waals surface area contributed by atoms with E-state index in [2.05, 4.69) is 13.8 Å². The third-order valence-electron chi connectivity index (χ3n) is 2.46. The molecule has 0 amide bonds. The Hall–Kier alpha value is -0.370. The topological polar surface area (TPSA) is 26.3 Å². The molecule has 1 fully saturated rings. The zero-order chi connectivity index (χ0) is 8.48. The number of aldehydes is 1. The second-order valence-corrected chi connectivity index (χ2v) is 3.91. The summed E-state index contributed by atoms with van der Waals surface area (Å²) in [7, 11) is 0. The van der Waals surface area contributed by atoms with Crippen molar-refractivity contribution in [2.24, 2.45) is 11.3 Å². The molecule has 2 heteroatoms. The van der Waals surface area contributed by atoms with Crippen LogP contribution in [0.3, 0.4) is 0 Å². The van der Waals surface area contributed by atoms with Crippen LogP contribution in [0, 0.1) is 11.3 Å². The van der Waals surface area contributed by atoms with Crippen LogP contribution in [0.15, 0.2) is 0 Å². The van der Waals surface area contributed by atoms with Crippen molar-refractivity contribution in [3.05, 3.63) is 0 Å². The lowest BCUT2D eigenvalue weighted by Gasteiger charge is -2.26. The zero-order valence-corrected chi connectivity index (χ0v) is 7.46. The molecule has 0 saturated carbocycles. The highest BCUT2D eigenvalue weighted by Gasteiger charge is 2.41. The van der Waals surface area contributed by atoms with Gasteiger partial charge in [-0.1, -0.05) is 20.8 Å². The second kappa shape index (κ2) is 2.94. The number of ether oxygens (including phenoxy) is 1. The van der Waals surface area contributed by atoms with Crippen molar-refractivity contribution in [3.8, 4) is 0 Å². The van der Waals surface area contributed by atoms with E-state index in [1.807, 2.05) is 6.92 Å². The highest BCUT2D eigenvalue weighted by molar-refractivity contribution is 5.60. The maximum atomic E-state index is 10.8. The molecule has 0 aromatic rings. The largest absolute Gasteiger partial charge is 0.377 e. The molecular weight excluding hydrogens is 140 g/mol. The summed E-state index contributed by atoms with van der Waals surface area (Å²) >= 11 is 0. The average Bonchev–Trinajstić information content (AvgIpc) is 2.32. The van der Waals surface area contributed by atoms with Gasteiger partial charge in [-0.3, -0.25) is 0 Å². The summed E-state index contributed by atoms with van der Waals surface area (Å²) in [5.74, 6) is 0.438. The van der Waals surface area contributed by atoms with E-state index in [4.69, 9.17) is 4.74 Å². The molecule has 1 rings (SSSR count). The van der Waals surface area contributed by atoms with E-state index >= 15 is 0 Å². The summed E-state index contributed by atoms with van der Waals surface area (Å²) < 4.78 is 5.49. The van der Waals surface area contributed by atoms with Crippen molar-refractivity contribution in [2.75, 3.05) is 6.61 Å². The van der Waals surface area contributed by atoms with Crippen LogP contribution < -0.4 is 0 Å². The summed E-state index contributed by atoms with van der Waals surface area (Å²) in [6, 6.07) is 0. The van der Waals surface area contributed by atoms with Gasteiger partial charge in [0.05, 0.1) is 11.5 Å². The molecule has 0 aromatic heterocycles. The maximum Gasteiger partial charge on any atom is 0.128 e. The Morgan fingerprint density at radius 2 is 2.27 bits per heavy atom. The lowest BCUT2D eigenvalue weighted by Crippen LogP contribution is -2.33. The Balaban J connectivity index is 2.72. The number of hydrogen-bond acceptors (Lipinski definition) is 2. The van der Waals surface area contributed by atoms with Crippen LogP contribution in [0.1, 0.15) is 27.2 Å². The molecule has 1 aliphatic rings. The van der Waals surface area contributed by atoms with Gasteiger partial charge in [-0.25, -0.2) is 0 Å². The van der Waals surface area contributed by atoms with Gasteiger partial charge in [-0.15, -0.1) is 0 Å². The molecule has 0 bridgehead atoms. The highest BCUT2D eigenvalue weighted by atomic mass is 16.5. The van der Waals surface area contributed by atoms with Gasteiger partial charge in [0.15, 0.2) is 0 Å². The third kappa shape index (κ3) is 1.45. The molecular formula is C9H16O2. The zero-order valence-electron chi connectivity index (χ0n) is 7.46. The van der Waals surface area contributed by atoms with Crippen LogP contribution in [0.4, 0.5) is 0 Å². The maximum absolute atomic E-state index is 10.8. The lowest BCUT2D eigenvalue weighted by molar-refractivity contribution is -0.119. The summed E-state index contributed by atoms with van der Waals surface area (Å²) in [5.41, 5.74) is -0.228. The smallest absolute Gasteiger partial charge is 0.128 e. The lowest BCUT2D eigenvalue weighted by atomic mass is 9.80. The quantitative estimate of drug-likeness (QED) is 0.568. The first-order valence-electron chi connectivity index (χ1n) is 4.18. The van der Waals surface area contributed by atoms with E-state index in [9.17, 15) is 4.79 Å². The molecule has 2 unspecified atom stereocenters. The van der Waals surface area contributed by atoms with Gasteiger partial charge >= 0.3 is 0 Å². The molecule has 0 aliphatic carbocycles. The standard InChI is InChI=1S/C9H16O2/c1-7(2)8-9(3,6-10)4-5-11-8/h6-8H,4-5H2,1-3H3. The molecule has 0 N–H and O–H groups in total. The van der Waals surface area contributed by atoms with Crippen molar-refractivity contribution in [1.29, 1.82) is 0 Å². The van der Waals surface area contributed by atoms with Crippen LogP contribution in [-0.4, -0.2) is 19.0 Å². The van der Waals surface area contributed by atoms with Crippen molar-refractivity contribution in [2.45, 2.75) is 33.3 Å². The van der Waals surface area contributed by atoms with Crippen LogP contribution in [-0.2, 0) is 9.53 Å². The van der Waals surface area contributed by atoms with Crippen LogP contribution in [0.2, 0.25) is 0 Å². The molecule has 1 heterocycles. The molecule has 0 aromatic carbocycles. The number of carbonyl (C=O) groups is 1. The summed E-state index contributed by atoms with van der Waals surface area (Å²) in [6.45, 7) is 6.91. The Bertz CT molecular complexity index is 154. The fourth-order valence-electron chi connectivity index (χ4n) is 1.82. The van der Waals surface area contributed by atoms with E-state index in [0.29, 0.717) is 5.92 Å². The fraction of sp³-hybridized carbons (Fsp3) is 0.889. The van der Waals surface area contributed by atoms with Crippen molar-refractivity contribution in [1.82, 2.24) is 0 Å². The van der Waals surface area contributed by atoms with Gasteiger partial charge in [0, 0.05) is 6.61 Å². The summed E-state index contributed by atoms with van der Waals surface area (Å²) in [4.78, 5) is 10.8. The summed E-state index contributed by atoms with van der Waals surface area (Å²) in [6.07, 6.45) is 2.05.